The number of nitrogens with zero attached hydrogens (tertiary/aromatic N) is 2. The van der Waals surface area contributed by atoms with Crippen LogP contribution < -0.4 is 10.6 Å². The fraction of sp³-hybridized carbons (Fsp3) is 0.529. The highest BCUT2D eigenvalue weighted by atomic mass is 127. The van der Waals surface area contributed by atoms with E-state index in [1.807, 2.05) is 13.2 Å². The van der Waals surface area contributed by atoms with Gasteiger partial charge in [-0.2, -0.15) is 11.8 Å². The normalized spacial score (nSPS) is 10.8. The Hall–Kier alpha value is -1.03. The summed E-state index contributed by atoms with van der Waals surface area (Å²) in [6.45, 7) is 3.45. The topological polar surface area (TPSA) is 56.7 Å². The first-order valence-corrected chi connectivity index (χ1v) is 9.29. The van der Waals surface area contributed by atoms with Gasteiger partial charge in [-0.05, 0) is 42.9 Å². The maximum absolute atomic E-state index is 13.1. The molecule has 142 valence electrons. The summed E-state index contributed by atoms with van der Waals surface area (Å²) in [5.74, 6) is 1.32. The van der Waals surface area contributed by atoms with Crippen LogP contribution in [-0.4, -0.2) is 62.5 Å². The third-order valence-electron chi connectivity index (χ3n) is 3.46. The number of thioether (sulfide) groups is 1. The highest BCUT2D eigenvalue weighted by Crippen LogP contribution is 2.10. The molecule has 0 atom stereocenters. The van der Waals surface area contributed by atoms with Gasteiger partial charge >= 0.3 is 0 Å². The highest BCUT2D eigenvalue weighted by Gasteiger charge is 2.05. The molecule has 8 heteroatoms. The van der Waals surface area contributed by atoms with E-state index in [-0.39, 0.29) is 42.2 Å². The number of benzene rings is 1. The van der Waals surface area contributed by atoms with Crippen molar-refractivity contribution in [3.63, 3.8) is 0 Å². The number of aliphatic imine (C=N–C) groups is 1. The molecule has 0 saturated heterocycles. The zero-order valence-corrected chi connectivity index (χ0v) is 18.4. The molecule has 0 aliphatic heterocycles. The van der Waals surface area contributed by atoms with E-state index in [1.54, 1.807) is 31.9 Å². The number of likely N-dealkylation sites (N-methyl/N-ethyl adjacent to an activating group) is 1. The molecule has 0 fully saturated rings. The lowest BCUT2D eigenvalue weighted by Crippen LogP contribution is -2.40. The first kappa shape index (κ1) is 24.0. The Morgan fingerprint density at radius 2 is 1.96 bits per heavy atom. The molecule has 0 spiro atoms. The minimum atomic E-state index is -0.215. The third-order valence-corrected chi connectivity index (χ3v) is 4.07. The van der Waals surface area contributed by atoms with Gasteiger partial charge in [-0.25, -0.2) is 9.38 Å². The number of rotatable bonds is 8. The van der Waals surface area contributed by atoms with Crippen molar-refractivity contribution in [3.05, 3.63) is 35.1 Å². The number of hydrogen-bond acceptors (Lipinski definition) is 3. The second kappa shape index (κ2) is 13.2. The lowest BCUT2D eigenvalue weighted by atomic mass is 10.1. The molecule has 0 aliphatic carbocycles. The molecule has 0 bridgehead atoms. The standard InChI is InChI=1S/C17H27FN4OS.HI/c1-13-11-15(18)6-5-14(13)7-8-19-17(20-9-10-24-4)21-12-16(23)22(2)3;/h5-6,11H,7-10,12H2,1-4H3,(H2,19,20,21);1H. The Bertz CT molecular complexity index is 570. The van der Waals surface area contributed by atoms with Gasteiger partial charge in [0, 0.05) is 32.9 Å². The number of carbonyl (C=O) groups excluding carboxylic acids is 1. The number of halogens is 2. The Balaban J connectivity index is 0.00000576. The summed E-state index contributed by atoms with van der Waals surface area (Å²) in [6, 6.07) is 4.82. The van der Waals surface area contributed by atoms with Gasteiger partial charge in [0.25, 0.3) is 0 Å². The Morgan fingerprint density at radius 1 is 1.28 bits per heavy atom. The molecule has 1 rings (SSSR count). The molecule has 0 saturated carbocycles. The van der Waals surface area contributed by atoms with E-state index in [9.17, 15) is 9.18 Å². The molecule has 25 heavy (non-hydrogen) atoms. The van der Waals surface area contributed by atoms with Crippen molar-refractivity contribution < 1.29 is 9.18 Å². The first-order chi connectivity index (χ1) is 11.4. The van der Waals surface area contributed by atoms with E-state index < -0.39 is 0 Å². The van der Waals surface area contributed by atoms with Gasteiger partial charge in [-0.1, -0.05) is 6.07 Å². The molecule has 0 aliphatic rings. The van der Waals surface area contributed by atoms with Crippen LogP contribution in [0.1, 0.15) is 11.1 Å². The predicted molar refractivity (Wildman–Crippen MR) is 116 cm³/mol. The summed E-state index contributed by atoms with van der Waals surface area (Å²) < 4.78 is 13.1. The number of amides is 1. The van der Waals surface area contributed by atoms with Crippen LogP contribution in [0.4, 0.5) is 4.39 Å². The van der Waals surface area contributed by atoms with Gasteiger partial charge in [-0.15, -0.1) is 24.0 Å². The van der Waals surface area contributed by atoms with Gasteiger partial charge in [0.2, 0.25) is 5.91 Å². The Kier molecular flexibility index (Phi) is 12.7. The monoisotopic (exact) mass is 482 g/mol. The highest BCUT2D eigenvalue weighted by molar-refractivity contribution is 14.0. The minimum absolute atomic E-state index is 0. The predicted octanol–water partition coefficient (Wildman–Crippen LogP) is 2.28. The van der Waals surface area contributed by atoms with E-state index in [2.05, 4.69) is 15.6 Å². The number of carbonyl (C=O) groups is 1. The molecule has 1 aromatic carbocycles. The lowest BCUT2D eigenvalue weighted by molar-refractivity contribution is -0.127. The van der Waals surface area contributed by atoms with Crippen LogP contribution in [0.2, 0.25) is 0 Å². The van der Waals surface area contributed by atoms with E-state index in [0.29, 0.717) is 12.5 Å². The summed E-state index contributed by atoms with van der Waals surface area (Å²) in [5, 5.41) is 6.44. The smallest absolute Gasteiger partial charge is 0.243 e. The number of aryl methyl sites for hydroxylation is 1. The summed E-state index contributed by atoms with van der Waals surface area (Å²) in [5.41, 5.74) is 2.03. The molecule has 0 radical (unpaired) electrons. The Morgan fingerprint density at radius 3 is 2.56 bits per heavy atom. The van der Waals surface area contributed by atoms with Crippen molar-refractivity contribution in [1.82, 2.24) is 15.5 Å². The van der Waals surface area contributed by atoms with Crippen LogP contribution in [-0.2, 0) is 11.2 Å². The van der Waals surface area contributed by atoms with Gasteiger partial charge in [0.1, 0.15) is 12.4 Å². The molecule has 1 aromatic rings. The van der Waals surface area contributed by atoms with Crippen LogP contribution in [0, 0.1) is 12.7 Å². The van der Waals surface area contributed by atoms with Crippen molar-refractivity contribution in [2.45, 2.75) is 13.3 Å². The second-order valence-electron chi connectivity index (χ2n) is 5.62. The van der Waals surface area contributed by atoms with Crippen molar-refractivity contribution >= 4 is 47.6 Å². The van der Waals surface area contributed by atoms with Gasteiger partial charge in [0.15, 0.2) is 5.96 Å². The summed E-state index contributed by atoms with van der Waals surface area (Å²) in [6.07, 6.45) is 2.80. The molecular formula is C17H28FIN4OS. The van der Waals surface area contributed by atoms with Crippen molar-refractivity contribution in [3.8, 4) is 0 Å². The van der Waals surface area contributed by atoms with Gasteiger partial charge < -0.3 is 15.5 Å². The second-order valence-corrected chi connectivity index (χ2v) is 6.61. The average molecular weight is 482 g/mol. The van der Waals surface area contributed by atoms with E-state index in [0.717, 1.165) is 29.8 Å². The maximum atomic E-state index is 13.1. The molecule has 5 nitrogen and oxygen atoms in total. The van der Waals surface area contributed by atoms with Gasteiger partial charge in [-0.3, -0.25) is 4.79 Å². The molecule has 0 unspecified atom stereocenters. The molecule has 0 heterocycles. The van der Waals surface area contributed by atoms with E-state index >= 15 is 0 Å². The lowest BCUT2D eigenvalue weighted by Gasteiger charge is -2.14. The molecule has 2 N–H and O–H groups in total. The Labute approximate surface area is 171 Å². The average Bonchev–Trinajstić information content (AvgIpc) is 2.53. The third kappa shape index (κ3) is 9.88. The number of guanidine groups is 1. The van der Waals surface area contributed by atoms with Crippen LogP contribution in [0.15, 0.2) is 23.2 Å². The summed E-state index contributed by atoms with van der Waals surface area (Å²) in [7, 11) is 3.42. The maximum Gasteiger partial charge on any atom is 0.243 e. The van der Waals surface area contributed by atoms with Crippen LogP contribution >= 0.6 is 35.7 Å². The van der Waals surface area contributed by atoms with Crippen LogP contribution in [0.25, 0.3) is 0 Å². The zero-order chi connectivity index (χ0) is 17.9. The SMILES string of the molecule is CSCCNC(=NCC(=O)N(C)C)NCCc1ccc(F)cc1C.I. The summed E-state index contributed by atoms with van der Waals surface area (Å²) in [4.78, 5) is 17.5. The minimum Gasteiger partial charge on any atom is -0.356 e. The fourth-order valence-electron chi connectivity index (χ4n) is 1.99. The van der Waals surface area contributed by atoms with Crippen LogP contribution in [0.3, 0.4) is 0 Å². The van der Waals surface area contributed by atoms with Gasteiger partial charge in [0.05, 0.1) is 0 Å². The van der Waals surface area contributed by atoms with Crippen molar-refractivity contribution in [1.29, 1.82) is 0 Å². The van der Waals surface area contributed by atoms with E-state index in [1.165, 1.54) is 17.0 Å². The largest absolute Gasteiger partial charge is 0.356 e. The zero-order valence-electron chi connectivity index (χ0n) is 15.3. The quantitative estimate of drug-likeness (QED) is 0.259. The molecule has 0 aromatic heterocycles. The summed E-state index contributed by atoms with van der Waals surface area (Å²) >= 11 is 1.74. The van der Waals surface area contributed by atoms with Crippen molar-refractivity contribution in [2.24, 2.45) is 4.99 Å². The molecule has 1 amide bonds. The fourth-order valence-corrected chi connectivity index (χ4v) is 2.30. The first-order valence-electron chi connectivity index (χ1n) is 7.90. The molecular weight excluding hydrogens is 454 g/mol. The number of nitrogens with one attached hydrogen (secondary N) is 2. The number of hydrogen-bond donors (Lipinski definition) is 2. The van der Waals surface area contributed by atoms with Crippen molar-refractivity contribution in [2.75, 3.05) is 45.7 Å². The van der Waals surface area contributed by atoms with E-state index in [4.69, 9.17) is 0 Å². The van der Waals surface area contributed by atoms with Crippen LogP contribution in [0.5, 0.6) is 0 Å².